The highest BCUT2D eigenvalue weighted by Gasteiger charge is 2.27. The topological polar surface area (TPSA) is 95.7 Å². The predicted octanol–water partition coefficient (Wildman–Crippen LogP) is 1.27. The lowest BCUT2D eigenvalue weighted by Gasteiger charge is -2.36. The van der Waals surface area contributed by atoms with Gasteiger partial charge in [-0.2, -0.15) is 0 Å². The molecule has 1 saturated heterocycles. The number of hydrogen-bond acceptors (Lipinski definition) is 4. The van der Waals surface area contributed by atoms with Crippen LogP contribution < -0.4 is 11.1 Å². The van der Waals surface area contributed by atoms with Gasteiger partial charge in [-0.25, -0.2) is 0 Å². The van der Waals surface area contributed by atoms with Crippen molar-refractivity contribution in [1.29, 1.82) is 0 Å². The monoisotopic (exact) mass is 388 g/mol. The first-order valence-electron chi connectivity index (χ1n) is 10.1. The SMILES string of the molecule is CC(=O)N(CCC(=O)N1CCCCC1CNC(=O)CCN)Cc1ccccc1. The summed E-state index contributed by atoms with van der Waals surface area (Å²) in [5.74, 6) is -0.0796. The summed E-state index contributed by atoms with van der Waals surface area (Å²) in [6, 6.07) is 9.79. The Kier molecular flexibility index (Phi) is 8.94. The molecule has 1 aromatic carbocycles. The van der Waals surface area contributed by atoms with Gasteiger partial charge in [0.25, 0.3) is 0 Å². The predicted molar refractivity (Wildman–Crippen MR) is 108 cm³/mol. The molecule has 1 aromatic rings. The first-order chi connectivity index (χ1) is 13.5. The van der Waals surface area contributed by atoms with Gasteiger partial charge in [0.05, 0.1) is 0 Å². The molecule has 28 heavy (non-hydrogen) atoms. The zero-order valence-corrected chi connectivity index (χ0v) is 16.7. The van der Waals surface area contributed by atoms with Gasteiger partial charge in [-0.15, -0.1) is 0 Å². The second-order valence-corrected chi connectivity index (χ2v) is 7.26. The molecule has 1 heterocycles. The number of nitrogens with zero attached hydrogens (tertiary/aromatic N) is 2. The van der Waals surface area contributed by atoms with E-state index in [0.717, 1.165) is 24.8 Å². The van der Waals surface area contributed by atoms with E-state index in [1.165, 1.54) is 6.92 Å². The minimum atomic E-state index is -0.0777. The van der Waals surface area contributed by atoms with E-state index in [1.807, 2.05) is 35.2 Å². The number of nitrogens with two attached hydrogens (primary N) is 1. The van der Waals surface area contributed by atoms with E-state index < -0.39 is 0 Å². The van der Waals surface area contributed by atoms with Gasteiger partial charge >= 0.3 is 0 Å². The molecule has 1 aliphatic heterocycles. The van der Waals surface area contributed by atoms with E-state index in [0.29, 0.717) is 45.6 Å². The fourth-order valence-corrected chi connectivity index (χ4v) is 3.52. The van der Waals surface area contributed by atoms with Crippen LogP contribution in [0, 0.1) is 0 Å². The van der Waals surface area contributed by atoms with Crippen molar-refractivity contribution in [3.05, 3.63) is 35.9 Å². The van der Waals surface area contributed by atoms with Crippen molar-refractivity contribution >= 4 is 17.7 Å². The first-order valence-corrected chi connectivity index (χ1v) is 10.1. The second-order valence-electron chi connectivity index (χ2n) is 7.26. The standard InChI is InChI=1S/C21H32N4O3/c1-17(26)24(16-18-7-3-2-4-8-18)14-11-21(28)25-13-6-5-9-19(25)15-23-20(27)10-12-22/h2-4,7-8,19H,5-6,9-16,22H2,1H3,(H,23,27). The van der Waals surface area contributed by atoms with Crippen molar-refractivity contribution in [2.45, 2.75) is 51.6 Å². The van der Waals surface area contributed by atoms with Crippen LogP contribution in [0.1, 0.15) is 44.6 Å². The van der Waals surface area contributed by atoms with Gasteiger partial charge in [0.1, 0.15) is 0 Å². The molecule has 0 saturated carbocycles. The van der Waals surface area contributed by atoms with Crippen LogP contribution in [0.4, 0.5) is 0 Å². The van der Waals surface area contributed by atoms with E-state index in [4.69, 9.17) is 5.73 Å². The van der Waals surface area contributed by atoms with Crippen molar-refractivity contribution in [2.75, 3.05) is 26.2 Å². The van der Waals surface area contributed by atoms with E-state index >= 15 is 0 Å². The molecule has 0 bridgehead atoms. The van der Waals surface area contributed by atoms with E-state index in [1.54, 1.807) is 4.90 Å². The third kappa shape index (κ3) is 6.96. The van der Waals surface area contributed by atoms with E-state index in [-0.39, 0.29) is 23.8 Å². The van der Waals surface area contributed by atoms with Crippen LogP contribution in [0.2, 0.25) is 0 Å². The van der Waals surface area contributed by atoms with Gasteiger partial charge in [-0.3, -0.25) is 14.4 Å². The third-order valence-corrected chi connectivity index (χ3v) is 5.11. The minimum absolute atomic E-state index is 0.0166. The van der Waals surface area contributed by atoms with Crippen LogP contribution in [0.3, 0.4) is 0 Å². The zero-order chi connectivity index (χ0) is 20.4. The van der Waals surface area contributed by atoms with Gasteiger partial charge in [0.2, 0.25) is 17.7 Å². The molecule has 1 fully saturated rings. The molecule has 3 amide bonds. The molecule has 1 aliphatic rings. The molecule has 1 atom stereocenters. The number of nitrogens with one attached hydrogen (secondary N) is 1. The van der Waals surface area contributed by atoms with Crippen molar-refractivity contribution < 1.29 is 14.4 Å². The maximum Gasteiger partial charge on any atom is 0.224 e. The molecule has 0 aromatic heterocycles. The van der Waals surface area contributed by atoms with Crippen LogP contribution in [0.15, 0.2) is 30.3 Å². The molecule has 7 nitrogen and oxygen atoms in total. The quantitative estimate of drug-likeness (QED) is 0.666. The van der Waals surface area contributed by atoms with Crippen LogP contribution >= 0.6 is 0 Å². The summed E-state index contributed by atoms with van der Waals surface area (Å²) in [7, 11) is 0. The second kappa shape index (κ2) is 11.4. The molecular weight excluding hydrogens is 356 g/mol. The lowest BCUT2D eigenvalue weighted by atomic mass is 10.0. The summed E-state index contributed by atoms with van der Waals surface area (Å²) in [5, 5.41) is 2.88. The number of likely N-dealkylation sites (tertiary alicyclic amines) is 1. The highest BCUT2D eigenvalue weighted by atomic mass is 16.2. The molecule has 1 unspecified atom stereocenters. The Morgan fingerprint density at radius 3 is 2.61 bits per heavy atom. The number of carbonyl (C=O) groups is 3. The highest BCUT2D eigenvalue weighted by Crippen LogP contribution is 2.18. The van der Waals surface area contributed by atoms with Crippen LogP contribution in [-0.4, -0.2) is 59.7 Å². The smallest absolute Gasteiger partial charge is 0.224 e. The Labute approximate surface area is 167 Å². The molecule has 0 aliphatic carbocycles. The average Bonchev–Trinajstić information content (AvgIpc) is 2.70. The highest BCUT2D eigenvalue weighted by molar-refractivity contribution is 5.79. The van der Waals surface area contributed by atoms with E-state index in [2.05, 4.69) is 5.32 Å². The van der Waals surface area contributed by atoms with Crippen LogP contribution in [-0.2, 0) is 20.9 Å². The maximum atomic E-state index is 12.8. The zero-order valence-electron chi connectivity index (χ0n) is 16.7. The van der Waals surface area contributed by atoms with Gasteiger partial charge in [0, 0.05) is 58.5 Å². The molecule has 0 spiro atoms. The third-order valence-electron chi connectivity index (χ3n) is 5.11. The van der Waals surface area contributed by atoms with Gasteiger partial charge < -0.3 is 20.9 Å². The summed E-state index contributed by atoms with van der Waals surface area (Å²) in [6.45, 7) is 3.92. The van der Waals surface area contributed by atoms with E-state index in [9.17, 15) is 14.4 Å². The van der Waals surface area contributed by atoms with Gasteiger partial charge in [0.15, 0.2) is 0 Å². The molecule has 0 radical (unpaired) electrons. The number of benzene rings is 1. The lowest BCUT2D eigenvalue weighted by Crippen LogP contribution is -2.50. The van der Waals surface area contributed by atoms with Crippen molar-refractivity contribution in [3.8, 4) is 0 Å². The Morgan fingerprint density at radius 1 is 1.18 bits per heavy atom. The number of piperidine rings is 1. The summed E-state index contributed by atoms with van der Waals surface area (Å²) in [6.07, 6.45) is 3.50. The summed E-state index contributed by atoms with van der Waals surface area (Å²) >= 11 is 0. The number of amides is 3. The van der Waals surface area contributed by atoms with Gasteiger partial charge in [-0.05, 0) is 24.8 Å². The molecule has 3 N–H and O–H groups in total. The van der Waals surface area contributed by atoms with Crippen molar-refractivity contribution in [2.24, 2.45) is 5.73 Å². The Morgan fingerprint density at radius 2 is 1.93 bits per heavy atom. The van der Waals surface area contributed by atoms with Crippen molar-refractivity contribution in [3.63, 3.8) is 0 Å². The van der Waals surface area contributed by atoms with Gasteiger partial charge in [-0.1, -0.05) is 30.3 Å². The maximum absolute atomic E-state index is 12.8. The number of carbonyl (C=O) groups excluding carboxylic acids is 3. The first kappa shape index (κ1) is 21.9. The minimum Gasteiger partial charge on any atom is -0.354 e. The summed E-state index contributed by atoms with van der Waals surface area (Å²) in [4.78, 5) is 40.1. The number of rotatable bonds is 9. The fourth-order valence-electron chi connectivity index (χ4n) is 3.52. The lowest BCUT2D eigenvalue weighted by molar-refractivity contribution is -0.137. The van der Waals surface area contributed by atoms with Crippen LogP contribution in [0.5, 0.6) is 0 Å². The Balaban J connectivity index is 1.89. The Hall–Kier alpha value is -2.41. The Bertz CT molecular complexity index is 650. The number of hydrogen-bond donors (Lipinski definition) is 2. The molecule has 2 rings (SSSR count). The van der Waals surface area contributed by atoms with Crippen LogP contribution in [0.25, 0.3) is 0 Å². The molecular formula is C21H32N4O3. The van der Waals surface area contributed by atoms with Crippen molar-refractivity contribution in [1.82, 2.24) is 15.1 Å². The normalized spacial score (nSPS) is 16.5. The summed E-state index contributed by atoms with van der Waals surface area (Å²) < 4.78 is 0. The molecule has 7 heteroatoms. The fraction of sp³-hybridized carbons (Fsp3) is 0.571. The summed E-state index contributed by atoms with van der Waals surface area (Å²) in [5.41, 5.74) is 6.45. The average molecular weight is 389 g/mol. The largest absolute Gasteiger partial charge is 0.354 e. The molecule has 154 valence electrons.